The SMILES string of the molecule is CCOc1c(Cl)cc(C(=O)Nc2nc(CN3C[C@H](C)O[C@@H](C)C3)cs2)cc1OC. The minimum absolute atomic E-state index is 0.205. The maximum Gasteiger partial charge on any atom is 0.257 e. The number of methoxy groups -OCH3 is 1. The molecule has 1 aliphatic heterocycles. The lowest BCUT2D eigenvalue weighted by Gasteiger charge is -2.34. The highest BCUT2D eigenvalue weighted by Crippen LogP contribution is 2.36. The van der Waals surface area contributed by atoms with E-state index in [0.717, 1.165) is 25.3 Å². The molecule has 0 aliphatic carbocycles. The summed E-state index contributed by atoms with van der Waals surface area (Å²) in [6, 6.07) is 3.17. The third kappa shape index (κ3) is 5.60. The molecule has 1 fully saturated rings. The number of anilines is 1. The van der Waals surface area contributed by atoms with E-state index in [2.05, 4.69) is 29.0 Å². The van der Waals surface area contributed by atoms with Gasteiger partial charge in [-0.05, 0) is 32.9 Å². The molecule has 0 spiro atoms. The quantitative estimate of drug-likeness (QED) is 0.701. The summed E-state index contributed by atoms with van der Waals surface area (Å²) in [5.74, 6) is 0.543. The van der Waals surface area contributed by atoms with Crippen LogP contribution in [0, 0.1) is 0 Å². The smallest absolute Gasteiger partial charge is 0.257 e. The van der Waals surface area contributed by atoms with Crippen LogP contribution >= 0.6 is 22.9 Å². The van der Waals surface area contributed by atoms with Gasteiger partial charge in [-0.3, -0.25) is 15.0 Å². The number of halogens is 1. The zero-order valence-electron chi connectivity index (χ0n) is 17.0. The Morgan fingerprint density at radius 2 is 2.10 bits per heavy atom. The van der Waals surface area contributed by atoms with Crippen molar-refractivity contribution in [1.29, 1.82) is 0 Å². The van der Waals surface area contributed by atoms with E-state index in [0.29, 0.717) is 33.8 Å². The fourth-order valence-corrected chi connectivity index (χ4v) is 4.35. The van der Waals surface area contributed by atoms with Crippen molar-refractivity contribution in [1.82, 2.24) is 9.88 Å². The van der Waals surface area contributed by atoms with Crippen molar-refractivity contribution in [3.8, 4) is 11.5 Å². The van der Waals surface area contributed by atoms with E-state index in [-0.39, 0.29) is 18.1 Å². The van der Waals surface area contributed by atoms with E-state index < -0.39 is 0 Å². The van der Waals surface area contributed by atoms with Crippen LogP contribution in [0.1, 0.15) is 36.8 Å². The number of carbonyl (C=O) groups is 1. The number of carbonyl (C=O) groups excluding carboxylic acids is 1. The summed E-state index contributed by atoms with van der Waals surface area (Å²) in [5, 5.41) is 5.67. The molecule has 29 heavy (non-hydrogen) atoms. The molecular weight excluding hydrogens is 414 g/mol. The first-order valence-corrected chi connectivity index (χ1v) is 10.8. The Kier molecular flexibility index (Phi) is 7.34. The molecule has 1 saturated heterocycles. The Morgan fingerprint density at radius 1 is 1.38 bits per heavy atom. The van der Waals surface area contributed by atoms with E-state index >= 15 is 0 Å². The lowest BCUT2D eigenvalue weighted by Crippen LogP contribution is -2.44. The van der Waals surface area contributed by atoms with Gasteiger partial charge in [0.25, 0.3) is 5.91 Å². The number of ether oxygens (including phenoxy) is 3. The van der Waals surface area contributed by atoms with Gasteiger partial charge in [0.2, 0.25) is 0 Å². The first-order valence-electron chi connectivity index (χ1n) is 9.53. The summed E-state index contributed by atoms with van der Waals surface area (Å²) in [6.45, 7) is 8.92. The second kappa shape index (κ2) is 9.75. The first kappa shape index (κ1) is 21.8. The van der Waals surface area contributed by atoms with Crippen LogP contribution in [0.4, 0.5) is 5.13 Å². The summed E-state index contributed by atoms with van der Waals surface area (Å²) in [7, 11) is 1.51. The lowest BCUT2D eigenvalue weighted by atomic mass is 10.2. The number of nitrogens with zero attached hydrogens (tertiary/aromatic N) is 2. The normalized spacial score (nSPS) is 19.8. The van der Waals surface area contributed by atoms with Crippen molar-refractivity contribution in [2.75, 3.05) is 32.1 Å². The van der Waals surface area contributed by atoms with Crippen molar-refractivity contribution >= 4 is 34.0 Å². The van der Waals surface area contributed by atoms with E-state index in [4.69, 9.17) is 25.8 Å². The van der Waals surface area contributed by atoms with Crippen molar-refractivity contribution in [2.45, 2.75) is 39.5 Å². The molecular formula is C20H26ClN3O4S. The van der Waals surface area contributed by atoms with Crippen LogP contribution in [-0.2, 0) is 11.3 Å². The van der Waals surface area contributed by atoms with E-state index in [1.54, 1.807) is 12.1 Å². The molecule has 158 valence electrons. The van der Waals surface area contributed by atoms with E-state index in [1.807, 2.05) is 12.3 Å². The third-order valence-corrected chi connectivity index (χ3v) is 5.52. The van der Waals surface area contributed by atoms with Gasteiger partial charge in [-0.15, -0.1) is 11.3 Å². The number of hydrogen-bond acceptors (Lipinski definition) is 7. The molecule has 1 aromatic carbocycles. The average Bonchev–Trinajstić information content (AvgIpc) is 3.09. The number of aromatic nitrogens is 1. The van der Waals surface area contributed by atoms with Gasteiger partial charge in [0, 0.05) is 30.6 Å². The van der Waals surface area contributed by atoms with Gasteiger partial charge in [0.1, 0.15) is 0 Å². The van der Waals surface area contributed by atoms with E-state index in [1.165, 1.54) is 18.4 Å². The standard InChI is InChI=1S/C20H26ClN3O4S/c1-5-27-18-16(21)6-14(7-17(18)26-4)19(25)23-20-22-15(11-29-20)10-24-8-12(2)28-13(3)9-24/h6-7,11-13H,5,8-10H2,1-4H3,(H,22,23,25)/t12-,13-/m0/s1. The Bertz CT molecular complexity index is 850. The fourth-order valence-electron chi connectivity index (χ4n) is 3.38. The minimum Gasteiger partial charge on any atom is -0.493 e. The molecule has 2 aromatic rings. The van der Waals surface area contributed by atoms with Crippen LogP contribution in [0.3, 0.4) is 0 Å². The van der Waals surface area contributed by atoms with Crippen LogP contribution in [0.25, 0.3) is 0 Å². The molecule has 1 amide bonds. The number of morpholine rings is 1. The highest BCUT2D eigenvalue weighted by atomic mass is 35.5. The van der Waals surface area contributed by atoms with Gasteiger partial charge in [-0.2, -0.15) is 0 Å². The minimum atomic E-state index is -0.303. The van der Waals surface area contributed by atoms with Crippen molar-refractivity contribution in [3.05, 3.63) is 33.8 Å². The Hall–Kier alpha value is -1.87. The van der Waals surface area contributed by atoms with Crippen molar-refractivity contribution in [3.63, 3.8) is 0 Å². The average molecular weight is 440 g/mol. The van der Waals surface area contributed by atoms with Gasteiger partial charge < -0.3 is 14.2 Å². The van der Waals surface area contributed by atoms with Crippen LogP contribution in [0.5, 0.6) is 11.5 Å². The predicted octanol–water partition coefficient (Wildman–Crippen LogP) is 4.07. The Balaban J connectivity index is 1.66. The summed E-state index contributed by atoms with van der Waals surface area (Å²) in [5.41, 5.74) is 1.30. The van der Waals surface area contributed by atoms with Gasteiger partial charge in [0.15, 0.2) is 16.6 Å². The number of amides is 1. The fraction of sp³-hybridized carbons (Fsp3) is 0.500. The lowest BCUT2D eigenvalue weighted by molar-refractivity contribution is -0.0707. The maximum atomic E-state index is 12.7. The van der Waals surface area contributed by atoms with Gasteiger partial charge in [0.05, 0.1) is 36.6 Å². The molecule has 0 radical (unpaired) electrons. The molecule has 0 bridgehead atoms. The largest absolute Gasteiger partial charge is 0.493 e. The number of benzene rings is 1. The van der Waals surface area contributed by atoms with Crippen LogP contribution < -0.4 is 14.8 Å². The number of rotatable bonds is 7. The number of thiazole rings is 1. The zero-order chi connectivity index (χ0) is 21.0. The second-order valence-electron chi connectivity index (χ2n) is 6.97. The highest BCUT2D eigenvalue weighted by Gasteiger charge is 2.23. The third-order valence-electron chi connectivity index (χ3n) is 4.43. The Labute approximate surface area is 179 Å². The molecule has 1 N–H and O–H groups in total. The number of hydrogen-bond donors (Lipinski definition) is 1. The van der Waals surface area contributed by atoms with Crippen LogP contribution in [-0.4, -0.2) is 54.8 Å². The maximum absolute atomic E-state index is 12.7. The number of nitrogens with one attached hydrogen (secondary N) is 1. The summed E-state index contributed by atoms with van der Waals surface area (Å²) >= 11 is 7.66. The molecule has 1 aromatic heterocycles. The molecule has 9 heteroatoms. The van der Waals surface area contributed by atoms with Gasteiger partial charge >= 0.3 is 0 Å². The monoisotopic (exact) mass is 439 g/mol. The topological polar surface area (TPSA) is 72.9 Å². The molecule has 0 unspecified atom stereocenters. The molecule has 2 atom stereocenters. The molecule has 3 rings (SSSR count). The highest BCUT2D eigenvalue weighted by molar-refractivity contribution is 7.14. The predicted molar refractivity (Wildman–Crippen MR) is 115 cm³/mol. The molecule has 2 heterocycles. The van der Waals surface area contributed by atoms with Gasteiger partial charge in [-0.25, -0.2) is 4.98 Å². The second-order valence-corrected chi connectivity index (χ2v) is 8.24. The van der Waals surface area contributed by atoms with Crippen molar-refractivity contribution < 1.29 is 19.0 Å². The van der Waals surface area contributed by atoms with Crippen molar-refractivity contribution in [2.24, 2.45) is 0 Å². The molecule has 1 aliphatic rings. The summed E-state index contributed by atoms with van der Waals surface area (Å²) < 4.78 is 16.6. The van der Waals surface area contributed by atoms with E-state index in [9.17, 15) is 4.79 Å². The molecule has 7 nitrogen and oxygen atoms in total. The Morgan fingerprint density at radius 3 is 2.76 bits per heavy atom. The van der Waals surface area contributed by atoms with Crippen LogP contribution in [0.15, 0.2) is 17.5 Å². The molecule has 0 saturated carbocycles. The van der Waals surface area contributed by atoms with Crippen LogP contribution in [0.2, 0.25) is 5.02 Å². The van der Waals surface area contributed by atoms with Gasteiger partial charge in [-0.1, -0.05) is 11.6 Å². The summed E-state index contributed by atoms with van der Waals surface area (Å²) in [4.78, 5) is 19.5. The zero-order valence-corrected chi connectivity index (χ0v) is 18.6. The summed E-state index contributed by atoms with van der Waals surface area (Å²) in [6.07, 6.45) is 0.409. The first-order chi connectivity index (χ1) is 13.9.